The van der Waals surface area contributed by atoms with E-state index < -0.39 is 0 Å². The lowest BCUT2D eigenvalue weighted by Crippen LogP contribution is -2.30. The number of halogens is 1. The SMILES string of the molecule is CCc1nn(C)c(CN(C)CC2CCOCC2)c1Br. The summed E-state index contributed by atoms with van der Waals surface area (Å²) in [4.78, 5) is 2.40. The lowest BCUT2D eigenvalue weighted by molar-refractivity contribution is 0.0547. The standard InChI is InChI=1S/C14H24BrN3O/c1-4-12-14(15)13(18(3)16-12)10-17(2)9-11-5-7-19-8-6-11/h11H,4-10H2,1-3H3. The number of hydrogen-bond donors (Lipinski definition) is 0. The quantitative estimate of drug-likeness (QED) is 0.831. The molecule has 0 radical (unpaired) electrons. The summed E-state index contributed by atoms with van der Waals surface area (Å²) in [5.74, 6) is 0.774. The molecule has 0 unspecified atom stereocenters. The van der Waals surface area contributed by atoms with Crippen LogP contribution in [0.3, 0.4) is 0 Å². The molecule has 0 amide bonds. The van der Waals surface area contributed by atoms with Crippen molar-refractivity contribution in [2.24, 2.45) is 13.0 Å². The van der Waals surface area contributed by atoms with Gasteiger partial charge in [0.25, 0.3) is 0 Å². The average molecular weight is 330 g/mol. The summed E-state index contributed by atoms with van der Waals surface area (Å²) >= 11 is 3.69. The van der Waals surface area contributed by atoms with E-state index in [1.807, 2.05) is 11.7 Å². The van der Waals surface area contributed by atoms with Gasteiger partial charge in [0, 0.05) is 33.4 Å². The molecule has 0 N–H and O–H groups in total. The van der Waals surface area contributed by atoms with Crippen LogP contribution in [0.5, 0.6) is 0 Å². The molecule has 108 valence electrons. The van der Waals surface area contributed by atoms with Gasteiger partial charge >= 0.3 is 0 Å². The summed E-state index contributed by atoms with van der Waals surface area (Å²) in [5.41, 5.74) is 2.42. The molecule has 2 heterocycles. The van der Waals surface area contributed by atoms with Crippen LogP contribution in [-0.4, -0.2) is 41.5 Å². The fourth-order valence-corrected chi connectivity index (χ4v) is 3.42. The number of nitrogens with zero attached hydrogens (tertiary/aromatic N) is 3. The minimum absolute atomic E-state index is 0.774. The summed E-state index contributed by atoms with van der Waals surface area (Å²) < 4.78 is 8.60. The summed E-state index contributed by atoms with van der Waals surface area (Å²) in [5, 5.41) is 4.55. The normalized spacial score (nSPS) is 17.3. The maximum Gasteiger partial charge on any atom is 0.0767 e. The summed E-state index contributed by atoms with van der Waals surface area (Å²) in [6.45, 7) is 6.08. The predicted molar refractivity (Wildman–Crippen MR) is 80.2 cm³/mol. The molecule has 1 saturated heterocycles. The Morgan fingerprint density at radius 1 is 1.42 bits per heavy atom. The molecule has 1 aromatic heterocycles. The monoisotopic (exact) mass is 329 g/mol. The first-order valence-corrected chi connectivity index (χ1v) is 7.87. The van der Waals surface area contributed by atoms with Gasteiger partial charge in [-0.15, -0.1) is 0 Å². The van der Waals surface area contributed by atoms with Crippen molar-refractivity contribution >= 4 is 15.9 Å². The van der Waals surface area contributed by atoms with Crippen molar-refractivity contribution in [2.45, 2.75) is 32.7 Å². The van der Waals surface area contributed by atoms with E-state index in [4.69, 9.17) is 4.74 Å². The predicted octanol–water partition coefficient (Wildman–Crippen LogP) is 2.60. The van der Waals surface area contributed by atoms with Gasteiger partial charge in [-0.2, -0.15) is 5.10 Å². The third-order valence-corrected chi connectivity index (χ3v) is 4.75. The Balaban J connectivity index is 1.94. The maximum atomic E-state index is 5.42. The Morgan fingerprint density at radius 2 is 2.11 bits per heavy atom. The molecule has 0 saturated carbocycles. The van der Waals surface area contributed by atoms with E-state index in [2.05, 4.69) is 39.9 Å². The van der Waals surface area contributed by atoms with Gasteiger partial charge < -0.3 is 9.64 Å². The van der Waals surface area contributed by atoms with Crippen LogP contribution in [0.1, 0.15) is 31.2 Å². The van der Waals surface area contributed by atoms with E-state index in [0.29, 0.717) is 0 Å². The zero-order chi connectivity index (χ0) is 13.8. The topological polar surface area (TPSA) is 30.3 Å². The van der Waals surface area contributed by atoms with E-state index >= 15 is 0 Å². The lowest BCUT2D eigenvalue weighted by atomic mass is 10.00. The molecule has 1 aliphatic heterocycles. The minimum atomic E-state index is 0.774. The first-order valence-electron chi connectivity index (χ1n) is 7.08. The van der Waals surface area contributed by atoms with E-state index in [1.165, 1.54) is 23.0 Å². The zero-order valence-corrected chi connectivity index (χ0v) is 13.7. The Hall–Kier alpha value is -0.390. The second-order valence-electron chi connectivity index (χ2n) is 5.44. The summed E-state index contributed by atoms with van der Waals surface area (Å²) in [6.07, 6.45) is 3.35. The van der Waals surface area contributed by atoms with Crippen LogP contribution in [0, 0.1) is 5.92 Å². The zero-order valence-electron chi connectivity index (χ0n) is 12.2. The summed E-state index contributed by atoms with van der Waals surface area (Å²) in [7, 11) is 4.22. The van der Waals surface area contributed by atoms with Crippen molar-refractivity contribution in [3.8, 4) is 0 Å². The van der Waals surface area contributed by atoms with Crippen LogP contribution in [0.25, 0.3) is 0 Å². The highest BCUT2D eigenvalue weighted by Gasteiger charge is 2.18. The molecule has 1 aromatic rings. The van der Waals surface area contributed by atoms with E-state index in [0.717, 1.165) is 44.3 Å². The fraction of sp³-hybridized carbons (Fsp3) is 0.786. The Kier molecular flexibility index (Phi) is 5.42. The lowest BCUT2D eigenvalue weighted by Gasteiger charge is -2.27. The van der Waals surface area contributed by atoms with Crippen molar-refractivity contribution in [3.05, 3.63) is 15.9 Å². The second-order valence-corrected chi connectivity index (χ2v) is 6.23. The van der Waals surface area contributed by atoms with Crippen molar-refractivity contribution in [1.82, 2.24) is 14.7 Å². The van der Waals surface area contributed by atoms with Crippen molar-refractivity contribution < 1.29 is 4.74 Å². The van der Waals surface area contributed by atoms with Gasteiger partial charge in [-0.1, -0.05) is 6.92 Å². The van der Waals surface area contributed by atoms with Crippen LogP contribution in [0.15, 0.2) is 4.47 Å². The highest BCUT2D eigenvalue weighted by atomic mass is 79.9. The first-order chi connectivity index (χ1) is 9.11. The summed E-state index contributed by atoms with van der Waals surface area (Å²) in [6, 6.07) is 0. The molecule has 0 atom stereocenters. The Morgan fingerprint density at radius 3 is 2.68 bits per heavy atom. The van der Waals surface area contributed by atoms with Crippen molar-refractivity contribution in [2.75, 3.05) is 26.8 Å². The highest BCUT2D eigenvalue weighted by Crippen LogP contribution is 2.23. The van der Waals surface area contributed by atoms with E-state index in [-0.39, 0.29) is 0 Å². The first kappa shape index (κ1) is 15.0. The number of ether oxygens (including phenoxy) is 1. The van der Waals surface area contributed by atoms with Gasteiger partial charge in [-0.25, -0.2) is 0 Å². The molecular weight excluding hydrogens is 306 g/mol. The van der Waals surface area contributed by atoms with Gasteiger partial charge in [0.2, 0.25) is 0 Å². The number of aromatic nitrogens is 2. The highest BCUT2D eigenvalue weighted by molar-refractivity contribution is 9.10. The van der Waals surface area contributed by atoms with E-state index in [9.17, 15) is 0 Å². The van der Waals surface area contributed by atoms with Gasteiger partial charge in [-0.3, -0.25) is 4.68 Å². The molecule has 2 rings (SSSR count). The Bertz CT molecular complexity index is 413. The second kappa shape index (κ2) is 6.86. The van der Waals surface area contributed by atoms with Gasteiger partial charge in [-0.05, 0) is 48.2 Å². The van der Waals surface area contributed by atoms with Crippen LogP contribution in [0.2, 0.25) is 0 Å². The van der Waals surface area contributed by atoms with Crippen molar-refractivity contribution in [1.29, 1.82) is 0 Å². The van der Waals surface area contributed by atoms with Crippen molar-refractivity contribution in [3.63, 3.8) is 0 Å². The largest absolute Gasteiger partial charge is 0.381 e. The molecule has 0 aliphatic carbocycles. The van der Waals surface area contributed by atoms with E-state index in [1.54, 1.807) is 0 Å². The van der Waals surface area contributed by atoms with Crippen LogP contribution >= 0.6 is 15.9 Å². The van der Waals surface area contributed by atoms with Crippen LogP contribution in [0.4, 0.5) is 0 Å². The smallest absolute Gasteiger partial charge is 0.0767 e. The fourth-order valence-electron chi connectivity index (χ4n) is 2.68. The molecule has 1 fully saturated rings. The molecule has 4 nitrogen and oxygen atoms in total. The molecule has 19 heavy (non-hydrogen) atoms. The molecular formula is C14H24BrN3O. The number of hydrogen-bond acceptors (Lipinski definition) is 3. The molecule has 0 bridgehead atoms. The van der Waals surface area contributed by atoms with Gasteiger partial charge in [0.15, 0.2) is 0 Å². The van der Waals surface area contributed by atoms with Gasteiger partial charge in [0.1, 0.15) is 0 Å². The molecule has 1 aliphatic rings. The number of rotatable bonds is 5. The average Bonchev–Trinajstić information content (AvgIpc) is 2.67. The van der Waals surface area contributed by atoms with Crippen LogP contribution < -0.4 is 0 Å². The molecule has 0 spiro atoms. The molecule has 0 aromatic carbocycles. The third kappa shape index (κ3) is 3.80. The minimum Gasteiger partial charge on any atom is -0.381 e. The van der Waals surface area contributed by atoms with Crippen LogP contribution in [-0.2, 0) is 24.8 Å². The van der Waals surface area contributed by atoms with Gasteiger partial charge in [0.05, 0.1) is 15.9 Å². The third-order valence-electron chi connectivity index (χ3n) is 3.83. The maximum absolute atomic E-state index is 5.42. The Labute approximate surface area is 124 Å². The molecule has 5 heteroatoms. The number of aryl methyl sites for hydroxylation is 2.